The number of nitrogens with one attached hydrogen (secondary N) is 4. The van der Waals surface area contributed by atoms with E-state index < -0.39 is 27.3 Å². The molecule has 0 saturated carbocycles. The summed E-state index contributed by atoms with van der Waals surface area (Å²) in [5, 5.41) is 2.72. The molecular formula is C18H16N4O6S. The number of H-pyrrole nitrogens is 2. The number of ether oxygens (including phenoxy) is 1. The predicted octanol–water partition coefficient (Wildman–Crippen LogP) is 0.587. The van der Waals surface area contributed by atoms with E-state index in [1.54, 1.807) is 25.1 Å². The zero-order chi connectivity index (χ0) is 20.8. The number of carbonyl (C=O) groups excluding carboxylic acids is 1. The highest BCUT2D eigenvalue weighted by atomic mass is 32.2. The molecule has 1 aromatic heterocycles. The molecular weight excluding hydrogens is 400 g/mol. The summed E-state index contributed by atoms with van der Waals surface area (Å²) in [7, 11) is -3.97. The molecule has 1 unspecified atom stereocenters. The van der Waals surface area contributed by atoms with Crippen LogP contribution < -0.4 is 26.0 Å². The number of benzene rings is 2. The molecule has 2 aromatic carbocycles. The fourth-order valence-corrected chi connectivity index (χ4v) is 4.31. The molecule has 0 bridgehead atoms. The summed E-state index contributed by atoms with van der Waals surface area (Å²) in [5.41, 5.74) is -0.0455. The first-order valence-electron chi connectivity index (χ1n) is 8.58. The molecule has 4 N–H and O–H groups in total. The summed E-state index contributed by atoms with van der Waals surface area (Å²) in [6, 6.07) is 8.20. The Balaban J connectivity index is 1.64. The van der Waals surface area contributed by atoms with Crippen LogP contribution in [0.4, 0.5) is 5.69 Å². The third kappa shape index (κ3) is 3.65. The largest absolute Gasteiger partial charge is 0.482 e. The van der Waals surface area contributed by atoms with Crippen LogP contribution in [0.3, 0.4) is 0 Å². The molecule has 11 heteroatoms. The quantitative estimate of drug-likeness (QED) is 0.489. The first-order chi connectivity index (χ1) is 13.7. The van der Waals surface area contributed by atoms with Gasteiger partial charge < -0.3 is 15.0 Å². The van der Waals surface area contributed by atoms with E-state index in [1.165, 1.54) is 18.2 Å². The molecule has 1 aliphatic rings. The number of fused-ring (bicyclic) bond motifs is 2. The maximum Gasteiger partial charge on any atom is 0.326 e. The van der Waals surface area contributed by atoms with Gasteiger partial charge in [0.25, 0.3) is 11.5 Å². The van der Waals surface area contributed by atoms with Crippen molar-refractivity contribution in [3.8, 4) is 5.75 Å². The van der Waals surface area contributed by atoms with E-state index in [-0.39, 0.29) is 28.3 Å². The van der Waals surface area contributed by atoms with E-state index >= 15 is 0 Å². The molecule has 0 fully saturated rings. The lowest BCUT2D eigenvalue weighted by molar-refractivity contribution is -0.118. The molecule has 4 rings (SSSR count). The average Bonchev–Trinajstić information content (AvgIpc) is 2.66. The van der Waals surface area contributed by atoms with Crippen LogP contribution >= 0.6 is 0 Å². The van der Waals surface area contributed by atoms with Crippen molar-refractivity contribution in [1.29, 1.82) is 0 Å². The van der Waals surface area contributed by atoms with E-state index in [2.05, 4.69) is 20.0 Å². The van der Waals surface area contributed by atoms with Gasteiger partial charge >= 0.3 is 5.69 Å². The minimum atomic E-state index is -3.97. The van der Waals surface area contributed by atoms with Crippen LogP contribution in [-0.2, 0) is 14.8 Å². The molecule has 0 spiro atoms. The maximum atomic E-state index is 12.8. The zero-order valence-corrected chi connectivity index (χ0v) is 15.9. The van der Waals surface area contributed by atoms with Crippen LogP contribution in [0.2, 0.25) is 0 Å². The van der Waals surface area contributed by atoms with Crippen molar-refractivity contribution < 1.29 is 17.9 Å². The van der Waals surface area contributed by atoms with Crippen LogP contribution in [0.5, 0.6) is 5.75 Å². The highest BCUT2D eigenvalue weighted by molar-refractivity contribution is 7.89. The number of rotatable bonds is 4. The van der Waals surface area contributed by atoms with E-state index in [9.17, 15) is 22.8 Å². The third-order valence-electron chi connectivity index (χ3n) is 4.49. The van der Waals surface area contributed by atoms with E-state index in [0.29, 0.717) is 17.0 Å². The number of carbonyl (C=O) groups is 1. The third-order valence-corrected chi connectivity index (χ3v) is 6.03. The fourth-order valence-electron chi connectivity index (χ4n) is 3.05. The van der Waals surface area contributed by atoms with Gasteiger partial charge in [-0.25, -0.2) is 17.9 Å². The summed E-state index contributed by atoms with van der Waals surface area (Å²) in [5.74, 6) is 0.216. The highest BCUT2D eigenvalue weighted by Crippen LogP contribution is 2.31. The van der Waals surface area contributed by atoms with Crippen LogP contribution in [0.25, 0.3) is 10.9 Å². The molecule has 1 amide bonds. The molecule has 150 valence electrons. The van der Waals surface area contributed by atoms with E-state index in [4.69, 9.17) is 4.74 Å². The fraction of sp³-hybridized carbons (Fsp3) is 0.167. The Morgan fingerprint density at radius 1 is 1.07 bits per heavy atom. The van der Waals surface area contributed by atoms with Gasteiger partial charge in [0.1, 0.15) is 5.75 Å². The smallest absolute Gasteiger partial charge is 0.326 e. The molecule has 3 aromatic rings. The number of hydrogen-bond acceptors (Lipinski definition) is 6. The molecule has 1 atom stereocenters. The van der Waals surface area contributed by atoms with Gasteiger partial charge in [-0.1, -0.05) is 6.07 Å². The summed E-state index contributed by atoms with van der Waals surface area (Å²) in [6.45, 7) is 1.58. The standard InChI is InChI=1S/C18H16N4O6S/c1-9(10-2-5-15-14(6-10)19-16(23)8-28-15)22-29(26,27)11-3-4-13-12(7-11)17(24)21-18(25)20-13/h2-7,9,22H,8H2,1H3,(H,19,23)(H2,20,21,24,25). The Morgan fingerprint density at radius 3 is 2.66 bits per heavy atom. The molecule has 2 heterocycles. The second-order valence-corrected chi connectivity index (χ2v) is 8.27. The predicted molar refractivity (Wildman–Crippen MR) is 104 cm³/mol. The second-order valence-electron chi connectivity index (χ2n) is 6.55. The average molecular weight is 416 g/mol. The Labute approximate surface area is 164 Å². The van der Waals surface area contributed by atoms with Crippen molar-refractivity contribution in [1.82, 2.24) is 14.7 Å². The summed E-state index contributed by atoms with van der Waals surface area (Å²) < 4.78 is 33.4. The first kappa shape index (κ1) is 18.9. The Bertz CT molecular complexity index is 1360. The van der Waals surface area contributed by atoms with Crippen molar-refractivity contribution in [2.24, 2.45) is 0 Å². The number of anilines is 1. The van der Waals surface area contributed by atoms with Gasteiger partial charge in [0.15, 0.2) is 6.61 Å². The minimum Gasteiger partial charge on any atom is -0.482 e. The number of hydrogen-bond donors (Lipinski definition) is 4. The molecule has 0 saturated heterocycles. The summed E-state index contributed by atoms with van der Waals surface area (Å²) >= 11 is 0. The van der Waals surface area contributed by atoms with E-state index in [0.717, 1.165) is 0 Å². The highest BCUT2D eigenvalue weighted by Gasteiger charge is 2.22. The zero-order valence-electron chi connectivity index (χ0n) is 15.1. The van der Waals surface area contributed by atoms with Gasteiger partial charge in [-0.2, -0.15) is 0 Å². The number of aromatic amines is 2. The van der Waals surface area contributed by atoms with Crippen molar-refractivity contribution in [3.63, 3.8) is 0 Å². The molecule has 0 radical (unpaired) electrons. The minimum absolute atomic E-state index is 0.0498. The lowest BCUT2D eigenvalue weighted by Crippen LogP contribution is -2.28. The Morgan fingerprint density at radius 2 is 1.86 bits per heavy atom. The number of sulfonamides is 1. The molecule has 10 nitrogen and oxygen atoms in total. The Hall–Kier alpha value is -3.44. The van der Waals surface area contributed by atoms with Gasteiger partial charge in [-0.05, 0) is 42.8 Å². The van der Waals surface area contributed by atoms with Crippen molar-refractivity contribution in [3.05, 3.63) is 62.8 Å². The summed E-state index contributed by atoms with van der Waals surface area (Å²) in [4.78, 5) is 39.1. The van der Waals surface area contributed by atoms with Crippen LogP contribution in [0.1, 0.15) is 18.5 Å². The Kier molecular flexibility index (Phi) is 4.47. The SMILES string of the molecule is CC(NS(=O)(=O)c1ccc2[nH]c(=O)[nH]c(=O)c2c1)c1ccc2c(c1)NC(=O)CO2. The first-order valence-corrected chi connectivity index (χ1v) is 10.1. The molecule has 0 aliphatic carbocycles. The lowest BCUT2D eigenvalue weighted by atomic mass is 10.1. The van der Waals surface area contributed by atoms with Gasteiger partial charge in [0.2, 0.25) is 10.0 Å². The number of amides is 1. The van der Waals surface area contributed by atoms with Crippen LogP contribution in [0.15, 0.2) is 50.9 Å². The van der Waals surface area contributed by atoms with Gasteiger partial charge in [0.05, 0.1) is 21.5 Å². The topological polar surface area (TPSA) is 150 Å². The van der Waals surface area contributed by atoms with Gasteiger partial charge in [0, 0.05) is 6.04 Å². The van der Waals surface area contributed by atoms with E-state index in [1.807, 2.05) is 0 Å². The lowest BCUT2D eigenvalue weighted by Gasteiger charge is -2.21. The number of aromatic nitrogens is 2. The normalized spacial score (nSPS) is 14.7. The van der Waals surface area contributed by atoms with Crippen molar-refractivity contribution in [2.75, 3.05) is 11.9 Å². The molecule has 1 aliphatic heterocycles. The summed E-state index contributed by atoms with van der Waals surface area (Å²) in [6.07, 6.45) is 0. The van der Waals surface area contributed by atoms with Crippen molar-refractivity contribution >= 4 is 32.5 Å². The van der Waals surface area contributed by atoms with Crippen molar-refractivity contribution in [2.45, 2.75) is 17.9 Å². The molecule has 29 heavy (non-hydrogen) atoms. The van der Waals surface area contributed by atoms with Gasteiger partial charge in [-0.15, -0.1) is 0 Å². The van der Waals surface area contributed by atoms with Crippen LogP contribution in [0, 0.1) is 0 Å². The van der Waals surface area contributed by atoms with Gasteiger partial charge in [-0.3, -0.25) is 14.6 Å². The maximum absolute atomic E-state index is 12.8. The van der Waals surface area contributed by atoms with Crippen LogP contribution in [-0.4, -0.2) is 30.9 Å². The monoisotopic (exact) mass is 416 g/mol. The second kappa shape index (κ2) is 6.87.